The Balaban J connectivity index is 2.65. The van der Waals surface area contributed by atoms with Crippen LogP contribution in [-0.2, 0) is 12.8 Å². The van der Waals surface area contributed by atoms with E-state index >= 15 is 0 Å². The third kappa shape index (κ3) is 11.2. The van der Waals surface area contributed by atoms with Crippen LogP contribution >= 0.6 is 0 Å². The molecule has 1 aromatic rings. The predicted molar refractivity (Wildman–Crippen MR) is 128 cm³/mol. The Hall–Kier alpha value is -1.84. The molecule has 1 aromatic carbocycles. The van der Waals surface area contributed by atoms with Crippen molar-refractivity contribution in [2.75, 3.05) is 0 Å². The van der Waals surface area contributed by atoms with E-state index in [4.69, 9.17) is 0 Å². The molecule has 0 saturated heterocycles. The number of aromatic carboxylic acids is 2. The van der Waals surface area contributed by atoms with Gasteiger partial charge in [-0.05, 0) is 36.8 Å². The molecule has 0 saturated carbocycles. The molecule has 0 aliphatic carbocycles. The van der Waals surface area contributed by atoms with Crippen molar-refractivity contribution in [1.82, 2.24) is 0 Å². The molecule has 0 heterocycles. The van der Waals surface area contributed by atoms with Crippen LogP contribution in [0.1, 0.15) is 148 Å². The minimum Gasteiger partial charge on any atom is -0.545 e. The molecule has 0 atom stereocenters. The lowest BCUT2D eigenvalue weighted by atomic mass is 9.89. The van der Waals surface area contributed by atoms with Gasteiger partial charge < -0.3 is 19.8 Å². The highest BCUT2D eigenvalue weighted by atomic mass is 16.4. The van der Waals surface area contributed by atoms with Crippen molar-refractivity contribution in [2.24, 2.45) is 0 Å². The number of carboxylic acid groups (broad SMARTS) is 2. The summed E-state index contributed by atoms with van der Waals surface area (Å²) in [5, 5.41) is 23.6. The van der Waals surface area contributed by atoms with Crippen molar-refractivity contribution < 1.29 is 19.8 Å². The van der Waals surface area contributed by atoms with E-state index in [1.54, 1.807) is 6.07 Å². The smallest absolute Gasteiger partial charge is 0.0721 e. The Kier molecular flexibility index (Phi) is 15.6. The summed E-state index contributed by atoms with van der Waals surface area (Å²) in [5.74, 6) is -2.57. The van der Waals surface area contributed by atoms with Gasteiger partial charge in [-0.15, -0.1) is 0 Å². The molecule has 0 N–H and O–H groups in total. The molecule has 0 amide bonds. The van der Waals surface area contributed by atoms with E-state index in [2.05, 4.69) is 13.8 Å². The second kappa shape index (κ2) is 17.7. The first kappa shape index (κ1) is 28.2. The van der Waals surface area contributed by atoms with Crippen LogP contribution in [0.4, 0.5) is 0 Å². The molecule has 0 unspecified atom stereocenters. The standard InChI is InChI=1S/C28H46O4/c1-3-5-7-9-11-13-15-17-19-23-21-22-25(27(29)30)24(26(23)28(31)32)20-18-16-14-12-10-8-6-4-2/h21-22H,3-20H2,1-2H3,(H,29,30)(H,31,32)/p-2. The van der Waals surface area contributed by atoms with E-state index in [9.17, 15) is 19.8 Å². The van der Waals surface area contributed by atoms with E-state index in [1.165, 1.54) is 70.3 Å². The summed E-state index contributed by atoms with van der Waals surface area (Å²) in [7, 11) is 0. The normalized spacial score (nSPS) is 11.1. The monoisotopic (exact) mass is 444 g/mol. The van der Waals surface area contributed by atoms with Crippen LogP contribution in [0.3, 0.4) is 0 Å². The van der Waals surface area contributed by atoms with Crippen molar-refractivity contribution in [2.45, 2.75) is 129 Å². The van der Waals surface area contributed by atoms with Gasteiger partial charge in [0.1, 0.15) is 0 Å². The van der Waals surface area contributed by atoms with E-state index in [1.807, 2.05) is 0 Å². The lowest BCUT2D eigenvalue weighted by Gasteiger charge is -2.20. The molecule has 4 heteroatoms. The number of hydrogen-bond donors (Lipinski definition) is 0. The topological polar surface area (TPSA) is 80.3 Å². The first-order chi connectivity index (χ1) is 15.5. The third-order valence-electron chi connectivity index (χ3n) is 6.40. The Labute approximate surface area is 195 Å². The highest BCUT2D eigenvalue weighted by Gasteiger charge is 2.15. The van der Waals surface area contributed by atoms with E-state index in [0.29, 0.717) is 24.0 Å². The van der Waals surface area contributed by atoms with Gasteiger partial charge in [0.05, 0.1) is 11.9 Å². The summed E-state index contributed by atoms with van der Waals surface area (Å²) in [5.41, 5.74) is 1.20. The summed E-state index contributed by atoms with van der Waals surface area (Å²) in [4.78, 5) is 23.6. The molecule has 1 rings (SSSR count). The van der Waals surface area contributed by atoms with Gasteiger partial charge in [0.25, 0.3) is 0 Å². The average Bonchev–Trinajstić information content (AvgIpc) is 2.76. The first-order valence-electron chi connectivity index (χ1n) is 13.1. The Morgan fingerprint density at radius 2 is 1.03 bits per heavy atom. The molecule has 0 aromatic heterocycles. The van der Waals surface area contributed by atoms with Crippen molar-refractivity contribution in [3.63, 3.8) is 0 Å². The van der Waals surface area contributed by atoms with Gasteiger partial charge in [-0.2, -0.15) is 0 Å². The summed E-state index contributed by atoms with van der Waals surface area (Å²) in [6, 6.07) is 3.18. The number of hydrogen-bond acceptors (Lipinski definition) is 4. The maximum atomic E-state index is 12.0. The molecule has 0 bridgehead atoms. The molecule has 182 valence electrons. The zero-order valence-electron chi connectivity index (χ0n) is 20.5. The van der Waals surface area contributed by atoms with Gasteiger partial charge in [-0.3, -0.25) is 0 Å². The van der Waals surface area contributed by atoms with Crippen molar-refractivity contribution in [1.29, 1.82) is 0 Å². The quantitative estimate of drug-likeness (QED) is 0.239. The second-order valence-electron chi connectivity index (χ2n) is 9.15. The minimum atomic E-state index is -1.30. The number of benzene rings is 1. The highest BCUT2D eigenvalue weighted by molar-refractivity contribution is 5.96. The zero-order valence-corrected chi connectivity index (χ0v) is 20.5. The first-order valence-corrected chi connectivity index (χ1v) is 13.1. The Bertz CT molecular complexity index is 666. The van der Waals surface area contributed by atoms with Crippen LogP contribution in [0.2, 0.25) is 0 Å². The Morgan fingerprint density at radius 1 is 0.594 bits per heavy atom. The van der Waals surface area contributed by atoms with Gasteiger partial charge >= 0.3 is 0 Å². The van der Waals surface area contributed by atoms with Crippen LogP contribution in [0.25, 0.3) is 0 Å². The maximum absolute atomic E-state index is 12.0. The lowest BCUT2D eigenvalue weighted by molar-refractivity contribution is -0.255. The van der Waals surface area contributed by atoms with Gasteiger partial charge in [-0.1, -0.05) is 116 Å². The second-order valence-corrected chi connectivity index (χ2v) is 9.15. The predicted octanol–water partition coefficient (Wildman–Crippen LogP) is 5.78. The molecule has 4 nitrogen and oxygen atoms in total. The molecule has 0 fully saturated rings. The fourth-order valence-corrected chi connectivity index (χ4v) is 4.49. The van der Waals surface area contributed by atoms with Crippen LogP contribution in [-0.4, -0.2) is 11.9 Å². The van der Waals surface area contributed by atoms with E-state index in [-0.39, 0.29) is 11.1 Å². The van der Waals surface area contributed by atoms with Crippen LogP contribution in [0.15, 0.2) is 12.1 Å². The molecule has 0 radical (unpaired) electrons. The number of carbonyl (C=O) groups is 2. The number of aryl methyl sites for hydroxylation is 1. The minimum absolute atomic E-state index is 0.00631. The number of unbranched alkanes of at least 4 members (excludes halogenated alkanes) is 14. The number of carbonyl (C=O) groups excluding carboxylic acids is 2. The average molecular weight is 445 g/mol. The molecule has 0 spiro atoms. The fourth-order valence-electron chi connectivity index (χ4n) is 4.49. The molecule has 32 heavy (non-hydrogen) atoms. The molecular formula is C28H44O4-2. The van der Waals surface area contributed by atoms with Gasteiger partial charge in [0, 0.05) is 11.1 Å². The van der Waals surface area contributed by atoms with E-state index in [0.717, 1.165) is 38.5 Å². The van der Waals surface area contributed by atoms with Crippen LogP contribution in [0, 0.1) is 0 Å². The zero-order chi connectivity index (χ0) is 23.6. The van der Waals surface area contributed by atoms with Crippen LogP contribution < -0.4 is 10.2 Å². The Morgan fingerprint density at radius 3 is 1.47 bits per heavy atom. The third-order valence-corrected chi connectivity index (χ3v) is 6.40. The van der Waals surface area contributed by atoms with Crippen molar-refractivity contribution >= 4 is 11.9 Å². The van der Waals surface area contributed by atoms with Gasteiger partial charge in [0.2, 0.25) is 0 Å². The SMILES string of the molecule is CCCCCCCCCCc1ccc(C(=O)[O-])c(CCCCCCCCCC)c1C(=O)[O-]. The summed E-state index contributed by atoms with van der Waals surface area (Å²) in [6.45, 7) is 4.41. The highest BCUT2D eigenvalue weighted by Crippen LogP contribution is 2.24. The summed E-state index contributed by atoms with van der Waals surface area (Å²) >= 11 is 0. The van der Waals surface area contributed by atoms with Gasteiger partial charge in [-0.25, -0.2) is 0 Å². The fraction of sp³-hybridized carbons (Fsp3) is 0.714. The van der Waals surface area contributed by atoms with E-state index < -0.39 is 11.9 Å². The summed E-state index contributed by atoms with van der Waals surface area (Å²) in [6.07, 6.45) is 19.6. The number of rotatable bonds is 20. The van der Waals surface area contributed by atoms with Gasteiger partial charge in [0.15, 0.2) is 0 Å². The molecule has 0 aliphatic heterocycles. The molecule has 0 aliphatic rings. The largest absolute Gasteiger partial charge is 0.545 e. The number of carboxylic acids is 2. The summed E-state index contributed by atoms with van der Waals surface area (Å²) < 4.78 is 0. The van der Waals surface area contributed by atoms with Crippen molar-refractivity contribution in [3.05, 3.63) is 34.4 Å². The maximum Gasteiger partial charge on any atom is 0.0721 e. The van der Waals surface area contributed by atoms with Crippen molar-refractivity contribution in [3.8, 4) is 0 Å². The lowest BCUT2D eigenvalue weighted by Crippen LogP contribution is -2.29. The van der Waals surface area contributed by atoms with Crippen LogP contribution in [0.5, 0.6) is 0 Å². The molecular weight excluding hydrogens is 400 g/mol.